The molecule has 0 aromatic heterocycles. The molecule has 0 fully saturated rings. The molecule has 23 heavy (non-hydrogen) atoms. The van der Waals surface area contributed by atoms with Gasteiger partial charge in [-0.3, -0.25) is 4.79 Å². The van der Waals surface area contributed by atoms with Crippen LogP contribution in [0.25, 0.3) is 11.1 Å². The molecule has 0 spiro atoms. The number of carbonyl (C=O) groups excluding carboxylic acids is 1. The van der Waals surface area contributed by atoms with Crippen molar-refractivity contribution >= 4 is 17.7 Å². The van der Waals surface area contributed by atoms with Gasteiger partial charge in [-0.1, -0.05) is 17.7 Å². The van der Waals surface area contributed by atoms with Gasteiger partial charge in [0.25, 0.3) is 0 Å². The summed E-state index contributed by atoms with van der Waals surface area (Å²) in [6.45, 7) is 2.74. The average Bonchev–Trinajstić information content (AvgIpc) is 2.55. The van der Waals surface area contributed by atoms with E-state index >= 15 is 0 Å². The molecule has 0 heterocycles. The number of hydrogen-bond donors (Lipinski definition) is 3. The SMILES string of the molecule is Cc1ccc(-c2cc(N(CCO)CCO)ccc2N)c(C=O)c1. The Hall–Kier alpha value is -2.37. The van der Waals surface area contributed by atoms with Crippen molar-refractivity contribution in [1.82, 2.24) is 0 Å². The van der Waals surface area contributed by atoms with Crippen LogP contribution in [-0.4, -0.2) is 42.8 Å². The zero-order chi connectivity index (χ0) is 16.8. The maximum absolute atomic E-state index is 11.4. The molecule has 122 valence electrons. The monoisotopic (exact) mass is 314 g/mol. The summed E-state index contributed by atoms with van der Waals surface area (Å²) < 4.78 is 0. The van der Waals surface area contributed by atoms with Crippen LogP contribution in [-0.2, 0) is 0 Å². The second kappa shape index (κ2) is 7.76. The number of nitrogens with two attached hydrogens (primary N) is 1. The van der Waals surface area contributed by atoms with E-state index in [2.05, 4.69) is 0 Å². The van der Waals surface area contributed by atoms with Crippen molar-refractivity contribution < 1.29 is 15.0 Å². The van der Waals surface area contributed by atoms with E-state index in [9.17, 15) is 15.0 Å². The first-order valence-electron chi connectivity index (χ1n) is 7.53. The van der Waals surface area contributed by atoms with Crippen LogP contribution in [0.3, 0.4) is 0 Å². The fourth-order valence-corrected chi connectivity index (χ4v) is 2.61. The molecule has 0 aliphatic rings. The second-order valence-corrected chi connectivity index (χ2v) is 5.41. The van der Waals surface area contributed by atoms with Crippen LogP contribution >= 0.6 is 0 Å². The zero-order valence-corrected chi connectivity index (χ0v) is 13.2. The first-order valence-corrected chi connectivity index (χ1v) is 7.53. The lowest BCUT2D eigenvalue weighted by molar-refractivity contribution is 0.112. The summed E-state index contributed by atoms with van der Waals surface area (Å²) in [6.07, 6.45) is 0.827. The Kier molecular flexibility index (Phi) is 5.73. The Morgan fingerprint density at radius 1 is 1.04 bits per heavy atom. The highest BCUT2D eigenvalue weighted by Gasteiger charge is 2.12. The summed E-state index contributed by atoms with van der Waals surface area (Å²) in [5.41, 5.74) is 10.7. The quantitative estimate of drug-likeness (QED) is 0.536. The Morgan fingerprint density at radius 2 is 1.74 bits per heavy atom. The Bertz CT molecular complexity index is 680. The molecule has 0 bridgehead atoms. The number of nitrogens with zero attached hydrogens (tertiary/aromatic N) is 1. The van der Waals surface area contributed by atoms with Crippen LogP contribution < -0.4 is 10.6 Å². The van der Waals surface area contributed by atoms with E-state index in [1.807, 2.05) is 42.2 Å². The van der Waals surface area contributed by atoms with E-state index < -0.39 is 0 Å². The Morgan fingerprint density at radius 3 is 2.35 bits per heavy atom. The minimum absolute atomic E-state index is 0.0101. The van der Waals surface area contributed by atoms with Crippen molar-refractivity contribution in [3.63, 3.8) is 0 Å². The lowest BCUT2D eigenvalue weighted by Gasteiger charge is -2.24. The van der Waals surface area contributed by atoms with Gasteiger partial charge in [-0.2, -0.15) is 0 Å². The molecule has 2 rings (SSSR count). The maximum atomic E-state index is 11.4. The van der Waals surface area contributed by atoms with Gasteiger partial charge in [0.1, 0.15) is 0 Å². The van der Waals surface area contributed by atoms with Crippen molar-refractivity contribution in [3.8, 4) is 11.1 Å². The van der Waals surface area contributed by atoms with Gasteiger partial charge >= 0.3 is 0 Å². The van der Waals surface area contributed by atoms with Crippen molar-refractivity contribution in [2.75, 3.05) is 36.9 Å². The lowest BCUT2D eigenvalue weighted by atomic mass is 9.96. The van der Waals surface area contributed by atoms with E-state index in [1.54, 1.807) is 6.07 Å². The number of benzene rings is 2. The molecule has 0 saturated carbocycles. The van der Waals surface area contributed by atoms with Gasteiger partial charge in [-0.25, -0.2) is 0 Å². The number of aldehydes is 1. The maximum Gasteiger partial charge on any atom is 0.150 e. The highest BCUT2D eigenvalue weighted by molar-refractivity contribution is 5.92. The van der Waals surface area contributed by atoms with Gasteiger partial charge in [-0.15, -0.1) is 0 Å². The molecule has 5 nitrogen and oxygen atoms in total. The van der Waals surface area contributed by atoms with Crippen LogP contribution in [0.2, 0.25) is 0 Å². The second-order valence-electron chi connectivity index (χ2n) is 5.41. The first-order chi connectivity index (χ1) is 11.1. The lowest BCUT2D eigenvalue weighted by Crippen LogP contribution is -2.29. The number of hydrogen-bond acceptors (Lipinski definition) is 5. The van der Waals surface area contributed by atoms with Gasteiger partial charge in [0.2, 0.25) is 0 Å². The third kappa shape index (κ3) is 3.88. The number of aryl methyl sites for hydroxylation is 1. The van der Waals surface area contributed by atoms with E-state index in [0.29, 0.717) is 24.3 Å². The molecule has 0 amide bonds. The minimum atomic E-state index is -0.0101. The molecule has 0 saturated heterocycles. The molecule has 0 unspecified atom stereocenters. The smallest absolute Gasteiger partial charge is 0.150 e. The zero-order valence-electron chi connectivity index (χ0n) is 13.2. The predicted octanol–water partition coefficient (Wildman–Crippen LogP) is 1.85. The van der Waals surface area contributed by atoms with Crippen molar-refractivity contribution in [2.45, 2.75) is 6.92 Å². The van der Waals surface area contributed by atoms with E-state index in [4.69, 9.17) is 5.73 Å². The third-order valence-corrected chi connectivity index (χ3v) is 3.77. The molecule has 2 aromatic rings. The number of rotatable bonds is 7. The number of anilines is 2. The van der Waals surface area contributed by atoms with E-state index in [-0.39, 0.29) is 13.2 Å². The van der Waals surface area contributed by atoms with Crippen molar-refractivity contribution in [1.29, 1.82) is 0 Å². The number of nitrogen functional groups attached to an aromatic ring is 1. The predicted molar refractivity (Wildman–Crippen MR) is 92.8 cm³/mol. The fourth-order valence-electron chi connectivity index (χ4n) is 2.61. The highest BCUT2D eigenvalue weighted by Crippen LogP contribution is 2.32. The van der Waals surface area contributed by atoms with Crippen LogP contribution in [0.15, 0.2) is 36.4 Å². The molecular weight excluding hydrogens is 292 g/mol. The van der Waals surface area contributed by atoms with Crippen molar-refractivity contribution in [2.24, 2.45) is 0 Å². The summed E-state index contributed by atoms with van der Waals surface area (Å²) in [4.78, 5) is 13.2. The third-order valence-electron chi connectivity index (χ3n) is 3.77. The average molecular weight is 314 g/mol. The molecule has 0 aliphatic carbocycles. The van der Waals surface area contributed by atoms with Crippen LogP contribution in [0.5, 0.6) is 0 Å². The summed E-state index contributed by atoms with van der Waals surface area (Å²) in [5, 5.41) is 18.4. The Balaban J connectivity index is 2.51. The molecule has 0 radical (unpaired) electrons. The number of carbonyl (C=O) groups is 1. The standard InChI is InChI=1S/C18H22N2O3/c1-13-2-4-16(14(10-13)12-23)17-11-15(3-5-18(17)19)20(6-8-21)7-9-22/h2-5,10-12,21-22H,6-9,19H2,1H3. The Labute approximate surface area is 136 Å². The summed E-state index contributed by atoms with van der Waals surface area (Å²) >= 11 is 0. The molecule has 0 atom stereocenters. The molecule has 0 aliphatic heterocycles. The molecule has 2 aromatic carbocycles. The van der Waals surface area contributed by atoms with E-state index in [0.717, 1.165) is 28.7 Å². The van der Waals surface area contributed by atoms with Crippen LogP contribution in [0.4, 0.5) is 11.4 Å². The van der Waals surface area contributed by atoms with Crippen LogP contribution in [0.1, 0.15) is 15.9 Å². The minimum Gasteiger partial charge on any atom is -0.398 e. The van der Waals surface area contributed by atoms with Gasteiger partial charge in [-0.05, 0) is 36.8 Å². The fraction of sp³-hybridized carbons (Fsp3) is 0.278. The summed E-state index contributed by atoms with van der Waals surface area (Å²) in [6, 6.07) is 11.2. The van der Waals surface area contributed by atoms with Gasteiger partial charge in [0.05, 0.1) is 13.2 Å². The topological polar surface area (TPSA) is 86.8 Å². The number of aliphatic hydroxyl groups excluding tert-OH is 2. The highest BCUT2D eigenvalue weighted by atomic mass is 16.3. The number of aliphatic hydroxyl groups is 2. The first kappa shape index (κ1) is 17.0. The largest absolute Gasteiger partial charge is 0.398 e. The van der Waals surface area contributed by atoms with Gasteiger partial charge < -0.3 is 20.8 Å². The summed E-state index contributed by atoms with van der Waals surface area (Å²) in [7, 11) is 0. The normalized spacial score (nSPS) is 10.6. The summed E-state index contributed by atoms with van der Waals surface area (Å²) in [5.74, 6) is 0. The molecular formula is C18H22N2O3. The van der Waals surface area contributed by atoms with Gasteiger partial charge in [0.15, 0.2) is 6.29 Å². The van der Waals surface area contributed by atoms with Crippen molar-refractivity contribution in [3.05, 3.63) is 47.5 Å². The van der Waals surface area contributed by atoms with Crippen LogP contribution in [0, 0.1) is 6.92 Å². The molecule has 4 N–H and O–H groups in total. The van der Waals surface area contributed by atoms with Gasteiger partial charge in [0, 0.05) is 35.6 Å². The van der Waals surface area contributed by atoms with E-state index in [1.165, 1.54) is 0 Å². The molecule has 5 heteroatoms.